The van der Waals surface area contributed by atoms with Gasteiger partial charge in [-0.05, 0) is 25.8 Å². The maximum absolute atomic E-state index is 5.41. The van der Waals surface area contributed by atoms with Gasteiger partial charge in [-0.1, -0.05) is 18.2 Å². The van der Waals surface area contributed by atoms with Crippen LogP contribution in [-0.4, -0.2) is 6.92 Å². The first-order valence-corrected chi connectivity index (χ1v) is 3.51. The number of hydrogen-bond acceptors (Lipinski definition) is 1. The molecule has 0 heterocycles. The third kappa shape index (κ3) is 2.13. The van der Waals surface area contributed by atoms with Gasteiger partial charge in [0, 0.05) is 0 Å². The summed E-state index contributed by atoms with van der Waals surface area (Å²) in [4.78, 5) is 0. The smallest absolute Gasteiger partial charge is 0.351 e. The van der Waals surface area contributed by atoms with Crippen LogP contribution in [0.1, 0.15) is 0 Å². The fourth-order valence-corrected chi connectivity index (χ4v) is 0.771. The zero-order valence-electron chi connectivity index (χ0n) is 6.37. The van der Waals surface area contributed by atoms with Crippen molar-refractivity contribution in [1.82, 2.24) is 0 Å². The van der Waals surface area contributed by atoms with E-state index in [0.29, 0.717) is 0 Å². The van der Waals surface area contributed by atoms with Crippen LogP contribution in [0, 0.1) is 0 Å². The summed E-state index contributed by atoms with van der Waals surface area (Å²) in [7, 11) is 0. The van der Waals surface area contributed by atoms with Crippen LogP contribution in [0.4, 0.5) is 0 Å². The van der Waals surface area contributed by atoms with Crippen LogP contribution in [-0.2, 0) is 0 Å². The summed E-state index contributed by atoms with van der Waals surface area (Å²) in [6.07, 6.45) is 0. The Bertz CT molecular complexity index is 184. The molecule has 1 rings (SSSR count). The molecule has 52 valence electrons. The average Bonchev–Trinajstić information content (AvgIpc) is 1.88. The summed E-state index contributed by atoms with van der Waals surface area (Å²) in [5.41, 5.74) is 0. The van der Waals surface area contributed by atoms with E-state index in [-0.39, 0.29) is 6.92 Å². The number of para-hydroxylation sites is 1. The highest BCUT2D eigenvalue weighted by Gasteiger charge is 1.99. The second-order valence-electron chi connectivity index (χ2n) is 2.48. The van der Waals surface area contributed by atoms with E-state index in [1.807, 2.05) is 44.0 Å². The van der Waals surface area contributed by atoms with Crippen LogP contribution in [0.15, 0.2) is 30.3 Å². The molecule has 1 nitrogen and oxygen atoms in total. The summed E-state index contributed by atoms with van der Waals surface area (Å²) in [6.45, 7) is 4.31. The van der Waals surface area contributed by atoms with Crippen molar-refractivity contribution in [3.8, 4) is 5.75 Å². The molecule has 0 radical (unpaired) electrons. The van der Waals surface area contributed by atoms with E-state index in [0.717, 1.165) is 5.75 Å². The Labute approximate surface area is 62.1 Å². The Morgan fingerprint density at radius 1 is 1.10 bits per heavy atom. The van der Waals surface area contributed by atoms with Gasteiger partial charge < -0.3 is 4.65 Å². The molecule has 0 saturated carbocycles. The fraction of sp³-hybridized carbons (Fsp3) is 0.250. The van der Waals surface area contributed by atoms with Gasteiger partial charge >= 0.3 is 6.92 Å². The second kappa shape index (κ2) is 3.30. The SMILES string of the molecule is CB(C)Oc1ccccc1. The van der Waals surface area contributed by atoms with E-state index in [1.54, 1.807) is 0 Å². The first kappa shape index (κ1) is 7.20. The second-order valence-corrected chi connectivity index (χ2v) is 2.48. The van der Waals surface area contributed by atoms with Crippen molar-refractivity contribution in [2.24, 2.45) is 0 Å². The lowest BCUT2D eigenvalue weighted by Crippen LogP contribution is -2.10. The molecule has 0 aliphatic heterocycles. The molecule has 0 spiro atoms. The number of hydrogen-bond donors (Lipinski definition) is 0. The number of rotatable bonds is 2. The molecule has 2 heteroatoms. The van der Waals surface area contributed by atoms with Gasteiger partial charge in [-0.2, -0.15) is 0 Å². The van der Waals surface area contributed by atoms with Crippen molar-refractivity contribution in [2.75, 3.05) is 0 Å². The highest BCUT2D eigenvalue weighted by molar-refractivity contribution is 6.49. The van der Waals surface area contributed by atoms with Crippen LogP contribution in [0.2, 0.25) is 13.6 Å². The van der Waals surface area contributed by atoms with Gasteiger partial charge in [-0.3, -0.25) is 0 Å². The van der Waals surface area contributed by atoms with E-state index >= 15 is 0 Å². The van der Waals surface area contributed by atoms with Crippen LogP contribution >= 0.6 is 0 Å². The van der Waals surface area contributed by atoms with E-state index in [1.165, 1.54) is 0 Å². The summed E-state index contributed by atoms with van der Waals surface area (Å²) < 4.78 is 5.41. The standard InChI is InChI=1S/C8H11BO/c1-9(2)10-8-6-4-3-5-7-8/h3-7H,1-2H3. The average molecular weight is 134 g/mol. The highest BCUT2D eigenvalue weighted by atomic mass is 16.4. The van der Waals surface area contributed by atoms with Crippen LogP contribution in [0.5, 0.6) is 5.75 Å². The van der Waals surface area contributed by atoms with Crippen molar-refractivity contribution in [3.63, 3.8) is 0 Å². The van der Waals surface area contributed by atoms with Crippen molar-refractivity contribution < 1.29 is 4.65 Å². The minimum Gasteiger partial charge on any atom is -0.561 e. The minimum absolute atomic E-state index is 0.266. The normalized spacial score (nSPS) is 9.00. The summed E-state index contributed by atoms with van der Waals surface area (Å²) in [5.74, 6) is 0.942. The maximum atomic E-state index is 5.41. The molecular weight excluding hydrogens is 123 g/mol. The van der Waals surface area contributed by atoms with Crippen molar-refractivity contribution in [1.29, 1.82) is 0 Å². The lowest BCUT2D eigenvalue weighted by molar-refractivity contribution is 0.581. The van der Waals surface area contributed by atoms with Gasteiger partial charge in [-0.15, -0.1) is 0 Å². The monoisotopic (exact) mass is 134 g/mol. The summed E-state index contributed by atoms with van der Waals surface area (Å²) in [5, 5.41) is 0. The molecule has 0 amide bonds. The molecular formula is C8H11BO. The van der Waals surface area contributed by atoms with E-state index < -0.39 is 0 Å². The van der Waals surface area contributed by atoms with E-state index in [2.05, 4.69) is 0 Å². The first-order valence-electron chi connectivity index (χ1n) is 3.51. The molecule has 0 atom stereocenters. The molecule has 0 N–H and O–H groups in total. The third-order valence-electron chi connectivity index (χ3n) is 1.11. The Morgan fingerprint density at radius 3 is 2.20 bits per heavy atom. The topological polar surface area (TPSA) is 9.23 Å². The predicted molar refractivity (Wildman–Crippen MR) is 44.6 cm³/mol. The molecule has 10 heavy (non-hydrogen) atoms. The molecule has 1 aromatic rings. The molecule has 0 aliphatic rings. The van der Waals surface area contributed by atoms with E-state index in [9.17, 15) is 0 Å². The van der Waals surface area contributed by atoms with Crippen LogP contribution in [0.25, 0.3) is 0 Å². The van der Waals surface area contributed by atoms with Gasteiger partial charge in [0.15, 0.2) is 0 Å². The quantitative estimate of drug-likeness (QED) is 0.564. The Kier molecular flexibility index (Phi) is 2.38. The molecule has 0 saturated heterocycles. The zero-order valence-corrected chi connectivity index (χ0v) is 6.37. The molecule has 0 bridgehead atoms. The van der Waals surface area contributed by atoms with Gasteiger partial charge in [0.2, 0.25) is 0 Å². The highest BCUT2D eigenvalue weighted by Crippen LogP contribution is 2.08. The van der Waals surface area contributed by atoms with Gasteiger partial charge in [0.1, 0.15) is 0 Å². The van der Waals surface area contributed by atoms with Crippen LogP contribution < -0.4 is 4.65 Å². The summed E-state index contributed by atoms with van der Waals surface area (Å²) in [6, 6.07) is 9.84. The molecule has 0 aromatic heterocycles. The van der Waals surface area contributed by atoms with Crippen LogP contribution in [0.3, 0.4) is 0 Å². The van der Waals surface area contributed by atoms with Gasteiger partial charge in [0.25, 0.3) is 0 Å². The first-order chi connectivity index (χ1) is 4.79. The molecule has 1 aromatic carbocycles. The van der Waals surface area contributed by atoms with E-state index in [4.69, 9.17) is 4.65 Å². The van der Waals surface area contributed by atoms with Crippen molar-refractivity contribution >= 4 is 6.92 Å². The lowest BCUT2D eigenvalue weighted by atomic mass is 9.75. The summed E-state index contributed by atoms with van der Waals surface area (Å²) >= 11 is 0. The minimum atomic E-state index is 0.266. The zero-order chi connectivity index (χ0) is 7.40. The van der Waals surface area contributed by atoms with Gasteiger partial charge in [-0.25, -0.2) is 0 Å². The molecule has 0 fully saturated rings. The molecule has 0 unspecified atom stereocenters. The number of benzene rings is 1. The van der Waals surface area contributed by atoms with Crippen molar-refractivity contribution in [3.05, 3.63) is 30.3 Å². The lowest BCUT2D eigenvalue weighted by Gasteiger charge is -2.05. The maximum Gasteiger partial charge on any atom is 0.351 e. The fourth-order valence-electron chi connectivity index (χ4n) is 0.771. The van der Waals surface area contributed by atoms with Gasteiger partial charge in [0.05, 0.1) is 5.75 Å². The Morgan fingerprint density at radius 2 is 1.70 bits per heavy atom. The predicted octanol–water partition coefficient (Wildman–Crippen LogP) is 2.32. The largest absolute Gasteiger partial charge is 0.561 e. The Hall–Kier alpha value is -0.915. The van der Waals surface area contributed by atoms with Crippen molar-refractivity contribution in [2.45, 2.75) is 13.6 Å². The molecule has 0 aliphatic carbocycles. The Balaban J connectivity index is 2.59. The third-order valence-corrected chi connectivity index (χ3v) is 1.11.